The van der Waals surface area contributed by atoms with Crippen molar-refractivity contribution in [2.24, 2.45) is 5.92 Å². The molecular weight excluding hydrogens is 456 g/mol. The number of nitrogens with zero attached hydrogens (tertiary/aromatic N) is 4. The molecule has 0 fully saturated rings. The van der Waals surface area contributed by atoms with Crippen molar-refractivity contribution in [1.29, 1.82) is 0 Å². The molecule has 10 heteroatoms. The average molecular weight is 487 g/mol. The zero-order valence-electron chi connectivity index (χ0n) is 17.6. The van der Waals surface area contributed by atoms with E-state index in [0.717, 1.165) is 6.42 Å². The lowest BCUT2D eigenvalue weighted by Gasteiger charge is -2.27. The van der Waals surface area contributed by atoms with Gasteiger partial charge in [0, 0.05) is 31.0 Å². The summed E-state index contributed by atoms with van der Waals surface area (Å²) in [6.45, 7) is 7.26. The van der Waals surface area contributed by atoms with Crippen LogP contribution < -0.4 is 10.0 Å². The number of anilines is 1. The topological polar surface area (TPSA) is 92.1 Å². The SMILES string of the molecule is CC(Cn1cccn1)Nc1ccc(Br)c(S(=O)(=O)NCCC(C(C)C)N(C)C)n1. The normalized spacial score (nSPS) is 14.3. The van der Waals surface area contributed by atoms with Crippen molar-refractivity contribution in [3.8, 4) is 0 Å². The van der Waals surface area contributed by atoms with E-state index in [4.69, 9.17) is 0 Å². The molecule has 162 valence electrons. The molecular formula is C19H31BrN6O2S. The predicted octanol–water partition coefficient (Wildman–Crippen LogP) is 2.80. The van der Waals surface area contributed by atoms with Crippen LogP contribution in [0.5, 0.6) is 0 Å². The van der Waals surface area contributed by atoms with Gasteiger partial charge < -0.3 is 10.2 Å². The van der Waals surface area contributed by atoms with Crippen LogP contribution in [0.25, 0.3) is 0 Å². The van der Waals surface area contributed by atoms with Crippen molar-refractivity contribution in [2.75, 3.05) is 26.0 Å². The van der Waals surface area contributed by atoms with Crippen LogP contribution in [0.1, 0.15) is 27.2 Å². The maximum atomic E-state index is 12.8. The standard InChI is InChI=1S/C19H31BrN6O2S/c1-14(2)17(25(4)5)9-11-22-29(27,28)19-16(20)7-8-18(24-19)23-15(3)13-26-12-6-10-21-26/h6-8,10,12,14-15,17,22H,9,11,13H2,1-5H3,(H,23,24). The lowest BCUT2D eigenvalue weighted by molar-refractivity contribution is 0.219. The van der Waals surface area contributed by atoms with Crippen molar-refractivity contribution in [3.05, 3.63) is 35.1 Å². The van der Waals surface area contributed by atoms with Gasteiger partial charge in [-0.25, -0.2) is 18.1 Å². The summed E-state index contributed by atoms with van der Waals surface area (Å²) in [5.41, 5.74) is 0. The third-order valence-electron chi connectivity index (χ3n) is 4.65. The molecule has 2 heterocycles. The van der Waals surface area contributed by atoms with E-state index in [0.29, 0.717) is 35.3 Å². The summed E-state index contributed by atoms with van der Waals surface area (Å²) < 4.78 is 30.5. The number of sulfonamides is 1. The number of nitrogens with one attached hydrogen (secondary N) is 2. The smallest absolute Gasteiger partial charge is 0.259 e. The summed E-state index contributed by atoms with van der Waals surface area (Å²) in [5.74, 6) is 0.935. The minimum Gasteiger partial charge on any atom is -0.366 e. The van der Waals surface area contributed by atoms with E-state index in [1.54, 1.807) is 18.3 Å². The fraction of sp³-hybridized carbons (Fsp3) is 0.579. The lowest BCUT2D eigenvalue weighted by Crippen LogP contribution is -2.37. The summed E-state index contributed by atoms with van der Waals surface area (Å²) in [7, 11) is 0.291. The fourth-order valence-corrected chi connectivity index (χ4v) is 5.20. The summed E-state index contributed by atoms with van der Waals surface area (Å²) in [6.07, 6.45) is 4.33. The largest absolute Gasteiger partial charge is 0.366 e. The second-order valence-corrected chi connectivity index (χ2v) is 10.3. The highest BCUT2D eigenvalue weighted by atomic mass is 79.9. The van der Waals surface area contributed by atoms with E-state index < -0.39 is 10.0 Å². The van der Waals surface area contributed by atoms with Gasteiger partial charge in [-0.05, 0) is 67.5 Å². The predicted molar refractivity (Wildman–Crippen MR) is 119 cm³/mol. The molecule has 0 saturated carbocycles. The molecule has 0 aliphatic heterocycles. The quantitative estimate of drug-likeness (QED) is 0.507. The Morgan fingerprint density at radius 2 is 1.97 bits per heavy atom. The Morgan fingerprint density at radius 3 is 2.55 bits per heavy atom. The zero-order chi connectivity index (χ0) is 21.6. The second kappa shape index (κ2) is 10.5. The lowest BCUT2D eigenvalue weighted by atomic mass is 10.0. The van der Waals surface area contributed by atoms with E-state index in [2.05, 4.69) is 54.8 Å². The molecule has 2 aromatic heterocycles. The molecule has 0 bridgehead atoms. The first-order valence-corrected chi connectivity index (χ1v) is 11.9. The molecule has 29 heavy (non-hydrogen) atoms. The Morgan fingerprint density at radius 1 is 1.24 bits per heavy atom. The molecule has 2 N–H and O–H groups in total. The first-order valence-electron chi connectivity index (χ1n) is 9.66. The number of rotatable bonds is 11. The molecule has 0 spiro atoms. The van der Waals surface area contributed by atoms with E-state index in [1.165, 1.54) is 0 Å². The molecule has 0 aliphatic rings. The van der Waals surface area contributed by atoms with Gasteiger partial charge in [0.15, 0.2) is 5.03 Å². The van der Waals surface area contributed by atoms with Crippen molar-refractivity contribution in [2.45, 2.75) is 50.8 Å². The third kappa shape index (κ3) is 7.06. The summed E-state index contributed by atoms with van der Waals surface area (Å²) in [4.78, 5) is 6.46. The van der Waals surface area contributed by atoms with E-state index >= 15 is 0 Å². The summed E-state index contributed by atoms with van der Waals surface area (Å²) in [5, 5.41) is 7.40. The van der Waals surface area contributed by atoms with Crippen LogP contribution in [0.2, 0.25) is 0 Å². The molecule has 0 saturated heterocycles. The van der Waals surface area contributed by atoms with Crippen LogP contribution in [0.15, 0.2) is 40.1 Å². The molecule has 0 radical (unpaired) electrons. The molecule has 2 aromatic rings. The van der Waals surface area contributed by atoms with Crippen molar-refractivity contribution in [3.63, 3.8) is 0 Å². The Bertz CT molecular complexity index is 863. The van der Waals surface area contributed by atoms with Crippen LogP contribution >= 0.6 is 15.9 Å². The van der Waals surface area contributed by atoms with Crippen LogP contribution in [0.4, 0.5) is 5.82 Å². The van der Waals surface area contributed by atoms with Crippen LogP contribution in [0.3, 0.4) is 0 Å². The van der Waals surface area contributed by atoms with Gasteiger partial charge in [0.2, 0.25) is 0 Å². The zero-order valence-corrected chi connectivity index (χ0v) is 20.0. The number of hydrogen-bond acceptors (Lipinski definition) is 6. The number of halogens is 1. The highest BCUT2D eigenvalue weighted by molar-refractivity contribution is 9.10. The summed E-state index contributed by atoms with van der Waals surface area (Å²) >= 11 is 3.32. The number of hydrogen-bond donors (Lipinski definition) is 2. The van der Waals surface area contributed by atoms with Gasteiger partial charge in [0.05, 0.1) is 11.0 Å². The molecule has 0 aromatic carbocycles. The van der Waals surface area contributed by atoms with Gasteiger partial charge in [0.1, 0.15) is 5.82 Å². The fourth-order valence-electron chi connectivity index (χ4n) is 3.28. The van der Waals surface area contributed by atoms with Gasteiger partial charge >= 0.3 is 0 Å². The van der Waals surface area contributed by atoms with Crippen molar-refractivity contribution < 1.29 is 8.42 Å². The van der Waals surface area contributed by atoms with Gasteiger partial charge in [-0.1, -0.05) is 13.8 Å². The first kappa shape index (κ1) is 23.8. The van der Waals surface area contributed by atoms with E-state index in [9.17, 15) is 8.42 Å². The molecule has 2 rings (SSSR count). The molecule has 8 nitrogen and oxygen atoms in total. The first-order chi connectivity index (χ1) is 13.6. The average Bonchev–Trinajstić information content (AvgIpc) is 3.12. The van der Waals surface area contributed by atoms with Gasteiger partial charge in [-0.2, -0.15) is 5.10 Å². The second-order valence-electron chi connectivity index (χ2n) is 7.72. The van der Waals surface area contributed by atoms with E-state index in [-0.39, 0.29) is 11.1 Å². The van der Waals surface area contributed by atoms with Crippen molar-refractivity contribution in [1.82, 2.24) is 24.4 Å². The third-order valence-corrected chi connectivity index (χ3v) is 6.95. The van der Waals surface area contributed by atoms with Crippen molar-refractivity contribution >= 4 is 31.8 Å². The van der Waals surface area contributed by atoms with E-state index in [1.807, 2.05) is 38.0 Å². The van der Waals surface area contributed by atoms with Crippen LogP contribution in [-0.4, -0.2) is 60.8 Å². The van der Waals surface area contributed by atoms with Gasteiger partial charge in [-0.15, -0.1) is 0 Å². The highest BCUT2D eigenvalue weighted by Gasteiger charge is 2.22. The highest BCUT2D eigenvalue weighted by Crippen LogP contribution is 2.22. The Balaban J connectivity index is 2.05. The minimum atomic E-state index is -3.73. The molecule has 2 atom stereocenters. The Hall–Kier alpha value is -1.49. The monoisotopic (exact) mass is 486 g/mol. The summed E-state index contributed by atoms with van der Waals surface area (Å²) in [6, 6.07) is 5.63. The number of pyridine rings is 1. The maximum Gasteiger partial charge on any atom is 0.259 e. The van der Waals surface area contributed by atoms with Gasteiger partial charge in [0.25, 0.3) is 10.0 Å². The Kier molecular flexibility index (Phi) is 8.62. The molecule has 0 amide bonds. The molecule has 2 unspecified atom stereocenters. The molecule has 0 aliphatic carbocycles. The van der Waals surface area contributed by atoms with Crippen LogP contribution in [-0.2, 0) is 16.6 Å². The van der Waals surface area contributed by atoms with Crippen LogP contribution in [0, 0.1) is 5.92 Å². The van der Waals surface area contributed by atoms with Gasteiger partial charge in [-0.3, -0.25) is 4.68 Å². The minimum absolute atomic E-state index is 0.0141. The Labute approximate surface area is 182 Å². The number of aromatic nitrogens is 3. The maximum absolute atomic E-state index is 12.8.